The molecule has 6 heteroatoms. The molecule has 0 bridgehead atoms. The maximum Gasteiger partial charge on any atom is 0.251 e. The van der Waals surface area contributed by atoms with Gasteiger partial charge in [-0.25, -0.2) is 0 Å². The van der Waals surface area contributed by atoms with Crippen LogP contribution in [0, 0.1) is 11.8 Å². The van der Waals surface area contributed by atoms with Crippen LogP contribution in [-0.4, -0.2) is 49.4 Å². The molecule has 0 radical (unpaired) electrons. The molecule has 1 aliphatic heterocycles. The maximum atomic E-state index is 12.0. The van der Waals surface area contributed by atoms with E-state index in [2.05, 4.69) is 45.3 Å². The van der Waals surface area contributed by atoms with E-state index in [1.165, 1.54) is 19.5 Å². The van der Waals surface area contributed by atoms with Crippen LogP contribution < -0.4 is 10.6 Å². The van der Waals surface area contributed by atoms with Crippen LogP contribution in [0.25, 0.3) is 0 Å². The summed E-state index contributed by atoms with van der Waals surface area (Å²) < 4.78 is 0.932. The number of likely N-dealkylation sites (tertiary alicyclic amines) is 1. The van der Waals surface area contributed by atoms with E-state index in [0.717, 1.165) is 29.3 Å². The topological polar surface area (TPSA) is 61.4 Å². The van der Waals surface area contributed by atoms with Gasteiger partial charge in [-0.2, -0.15) is 0 Å². The number of benzene rings is 1. The second kappa shape index (κ2) is 10.7. The van der Waals surface area contributed by atoms with Gasteiger partial charge in [0.25, 0.3) is 5.91 Å². The fourth-order valence-corrected chi connectivity index (χ4v) is 3.85. The molecule has 0 aromatic heterocycles. The van der Waals surface area contributed by atoms with Crippen LogP contribution in [0.15, 0.2) is 28.7 Å². The van der Waals surface area contributed by atoms with Crippen molar-refractivity contribution in [2.75, 3.05) is 32.7 Å². The summed E-state index contributed by atoms with van der Waals surface area (Å²) in [6.45, 7) is 9.04. The Kier molecular flexibility index (Phi) is 8.59. The zero-order valence-electron chi connectivity index (χ0n) is 15.8. The molecule has 1 heterocycles. The molecule has 0 unspecified atom stereocenters. The lowest BCUT2D eigenvalue weighted by Gasteiger charge is -2.34. The highest BCUT2D eigenvalue weighted by atomic mass is 79.9. The van der Waals surface area contributed by atoms with Crippen molar-refractivity contribution >= 4 is 27.7 Å². The van der Waals surface area contributed by atoms with Crippen molar-refractivity contribution in [3.8, 4) is 0 Å². The van der Waals surface area contributed by atoms with E-state index in [4.69, 9.17) is 0 Å². The van der Waals surface area contributed by atoms with E-state index < -0.39 is 0 Å². The number of hydrogen-bond acceptors (Lipinski definition) is 3. The summed E-state index contributed by atoms with van der Waals surface area (Å²) in [6, 6.07) is 7.15. The first-order valence-corrected chi connectivity index (χ1v) is 10.3. The Morgan fingerprint density at radius 1 is 1.08 bits per heavy atom. The first-order valence-electron chi connectivity index (χ1n) is 9.47. The molecule has 1 saturated heterocycles. The van der Waals surface area contributed by atoms with Gasteiger partial charge in [-0.1, -0.05) is 29.8 Å². The summed E-state index contributed by atoms with van der Waals surface area (Å²) in [6.07, 6.45) is 2.59. The number of halogens is 1. The number of carbonyl (C=O) groups is 2. The van der Waals surface area contributed by atoms with Crippen LogP contribution in [0.3, 0.4) is 0 Å². The highest BCUT2D eigenvalue weighted by molar-refractivity contribution is 9.10. The third-order valence-corrected chi connectivity index (χ3v) is 5.19. The molecule has 1 aromatic carbocycles. The van der Waals surface area contributed by atoms with Gasteiger partial charge in [0.1, 0.15) is 0 Å². The molecule has 2 amide bonds. The highest BCUT2D eigenvalue weighted by Gasteiger charge is 2.21. The summed E-state index contributed by atoms with van der Waals surface area (Å²) in [5.74, 6) is 1.37. The standard InChI is InChI=1S/C20H30BrN3O2/c1-15-12-16(2)14-24(13-15)11-3-9-22-19(25)8-10-23-20(26)17-4-6-18(21)7-5-17/h4-7,15-16H,3,8-14H2,1-2H3,(H,22,25)(H,23,26)/t15-,16+. The van der Waals surface area contributed by atoms with E-state index in [1.54, 1.807) is 12.1 Å². The Labute approximate surface area is 165 Å². The molecule has 1 aliphatic rings. The van der Waals surface area contributed by atoms with Gasteiger partial charge >= 0.3 is 0 Å². The first kappa shape index (κ1) is 20.9. The molecule has 0 aliphatic carbocycles. The van der Waals surface area contributed by atoms with Crippen LogP contribution in [0.2, 0.25) is 0 Å². The Morgan fingerprint density at radius 3 is 2.38 bits per heavy atom. The maximum absolute atomic E-state index is 12.0. The van der Waals surface area contributed by atoms with Crippen LogP contribution in [-0.2, 0) is 4.79 Å². The number of carbonyl (C=O) groups excluding carboxylic acids is 2. The van der Waals surface area contributed by atoms with Gasteiger partial charge in [-0.05, 0) is 55.5 Å². The number of rotatable bonds is 8. The fraction of sp³-hybridized carbons (Fsp3) is 0.600. The van der Waals surface area contributed by atoms with Gasteiger partial charge < -0.3 is 15.5 Å². The monoisotopic (exact) mass is 423 g/mol. The molecule has 1 fully saturated rings. The van der Waals surface area contributed by atoms with Crippen LogP contribution in [0.4, 0.5) is 0 Å². The average Bonchev–Trinajstić information content (AvgIpc) is 2.58. The number of nitrogens with one attached hydrogen (secondary N) is 2. The van der Waals surface area contributed by atoms with Gasteiger partial charge in [0, 0.05) is 42.6 Å². The predicted octanol–water partition coefficient (Wildman–Crippen LogP) is 3.05. The molecule has 144 valence electrons. The van der Waals surface area contributed by atoms with Gasteiger partial charge in [-0.3, -0.25) is 9.59 Å². The summed E-state index contributed by atoms with van der Waals surface area (Å²) in [5, 5.41) is 5.72. The minimum atomic E-state index is -0.154. The normalized spacial score (nSPS) is 20.6. The number of amides is 2. The molecule has 2 N–H and O–H groups in total. The Hall–Kier alpha value is -1.40. The first-order chi connectivity index (χ1) is 12.4. The van der Waals surface area contributed by atoms with Crippen LogP contribution >= 0.6 is 15.9 Å². The van der Waals surface area contributed by atoms with E-state index in [0.29, 0.717) is 25.1 Å². The van der Waals surface area contributed by atoms with E-state index >= 15 is 0 Å². The molecule has 5 nitrogen and oxygen atoms in total. The Bertz CT molecular complexity index is 581. The van der Waals surface area contributed by atoms with E-state index in [9.17, 15) is 9.59 Å². The lowest BCUT2D eigenvalue weighted by molar-refractivity contribution is -0.120. The van der Waals surface area contributed by atoms with E-state index in [1.807, 2.05) is 12.1 Å². The van der Waals surface area contributed by atoms with Crippen molar-refractivity contribution in [3.63, 3.8) is 0 Å². The molecule has 1 aromatic rings. The van der Waals surface area contributed by atoms with Crippen molar-refractivity contribution < 1.29 is 9.59 Å². The van der Waals surface area contributed by atoms with Gasteiger partial charge in [-0.15, -0.1) is 0 Å². The molecule has 0 saturated carbocycles. The average molecular weight is 424 g/mol. The van der Waals surface area contributed by atoms with Crippen molar-refractivity contribution in [3.05, 3.63) is 34.3 Å². The predicted molar refractivity (Wildman–Crippen MR) is 108 cm³/mol. The van der Waals surface area contributed by atoms with Crippen molar-refractivity contribution in [1.82, 2.24) is 15.5 Å². The largest absolute Gasteiger partial charge is 0.356 e. The fourth-order valence-electron chi connectivity index (χ4n) is 3.59. The zero-order chi connectivity index (χ0) is 18.9. The zero-order valence-corrected chi connectivity index (χ0v) is 17.3. The quantitative estimate of drug-likeness (QED) is 0.631. The number of nitrogens with zero attached hydrogens (tertiary/aromatic N) is 1. The molecular weight excluding hydrogens is 394 g/mol. The second-order valence-electron chi connectivity index (χ2n) is 7.42. The summed E-state index contributed by atoms with van der Waals surface area (Å²) >= 11 is 3.34. The van der Waals surface area contributed by atoms with Crippen molar-refractivity contribution in [2.45, 2.75) is 33.1 Å². The van der Waals surface area contributed by atoms with E-state index in [-0.39, 0.29) is 11.8 Å². The van der Waals surface area contributed by atoms with Crippen molar-refractivity contribution in [1.29, 1.82) is 0 Å². The van der Waals surface area contributed by atoms with Gasteiger partial charge in [0.2, 0.25) is 5.91 Å². The van der Waals surface area contributed by atoms with Gasteiger partial charge in [0.05, 0.1) is 0 Å². The Balaban J connectivity index is 1.55. The lowest BCUT2D eigenvalue weighted by atomic mass is 9.92. The molecule has 2 atom stereocenters. The van der Waals surface area contributed by atoms with Crippen molar-refractivity contribution in [2.24, 2.45) is 11.8 Å². The third-order valence-electron chi connectivity index (χ3n) is 4.66. The van der Waals surface area contributed by atoms with Gasteiger partial charge in [0.15, 0.2) is 0 Å². The highest BCUT2D eigenvalue weighted by Crippen LogP contribution is 2.20. The number of piperidine rings is 1. The minimum absolute atomic E-state index is 0.0125. The third kappa shape index (κ3) is 7.46. The second-order valence-corrected chi connectivity index (χ2v) is 8.34. The Morgan fingerprint density at radius 2 is 1.73 bits per heavy atom. The number of hydrogen-bond donors (Lipinski definition) is 2. The molecule has 0 spiro atoms. The minimum Gasteiger partial charge on any atom is -0.356 e. The molecular formula is C20H30BrN3O2. The molecule has 2 rings (SSSR count). The smallest absolute Gasteiger partial charge is 0.251 e. The van der Waals surface area contributed by atoms with Crippen LogP contribution in [0.1, 0.15) is 43.5 Å². The van der Waals surface area contributed by atoms with Crippen LogP contribution in [0.5, 0.6) is 0 Å². The lowest BCUT2D eigenvalue weighted by Crippen LogP contribution is -2.40. The summed E-state index contributed by atoms with van der Waals surface area (Å²) in [4.78, 5) is 26.3. The summed E-state index contributed by atoms with van der Waals surface area (Å²) in [7, 11) is 0. The SMILES string of the molecule is C[C@@H]1C[C@H](C)CN(CCCNC(=O)CCNC(=O)c2ccc(Br)cc2)C1. The molecule has 26 heavy (non-hydrogen) atoms. The summed E-state index contributed by atoms with van der Waals surface area (Å²) in [5.41, 5.74) is 0.596.